The molecule has 80 valence electrons. The molecule has 0 aromatic rings. The topological polar surface area (TPSA) is 37.3 Å². The van der Waals surface area contributed by atoms with Crippen LogP contribution in [0.4, 0.5) is 0 Å². The molecule has 1 aliphatic carbocycles. The lowest BCUT2D eigenvalue weighted by Gasteiger charge is -2.38. The monoisotopic (exact) mass is 196 g/mol. The standard InChI is InChI=1S/C12H20O2/c1-4-12(3,11(13)14)10-8-6-5-7-9(10)2/h4,9-10H,1,5-8H2,2-3H3,(H,13,14)/t9?,10?,12-/m0/s1. The van der Waals surface area contributed by atoms with E-state index in [0.29, 0.717) is 5.92 Å². The van der Waals surface area contributed by atoms with E-state index in [1.54, 1.807) is 13.0 Å². The van der Waals surface area contributed by atoms with Crippen molar-refractivity contribution < 1.29 is 9.90 Å². The van der Waals surface area contributed by atoms with E-state index in [0.717, 1.165) is 19.3 Å². The number of aliphatic carboxylic acids is 1. The van der Waals surface area contributed by atoms with Gasteiger partial charge in [0.1, 0.15) is 0 Å². The molecule has 2 unspecified atom stereocenters. The van der Waals surface area contributed by atoms with Crippen LogP contribution in [-0.2, 0) is 4.79 Å². The van der Waals surface area contributed by atoms with Crippen molar-refractivity contribution in [2.24, 2.45) is 17.3 Å². The number of rotatable bonds is 3. The third kappa shape index (κ3) is 1.84. The Morgan fingerprint density at radius 1 is 1.50 bits per heavy atom. The van der Waals surface area contributed by atoms with Crippen molar-refractivity contribution in [3.8, 4) is 0 Å². The minimum atomic E-state index is -0.736. The molecule has 3 atom stereocenters. The zero-order valence-electron chi connectivity index (χ0n) is 9.12. The van der Waals surface area contributed by atoms with Gasteiger partial charge in [-0.25, -0.2) is 0 Å². The van der Waals surface area contributed by atoms with E-state index in [4.69, 9.17) is 0 Å². The molecule has 0 aliphatic heterocycles. The number of carboxylic acids is 1. The SMILES string of the molecule is C=C[C@](C)(C(=O)O)C1CCCCC1C. The molecule has 0 spiro atoms. The average Bonchev–Trinajstić information content (AvgIpc) is 2.17. The van der Waals surface area contributed by atoms with Gasteiger partial charge in [0.05, 0.1) is 5.41 Å². The summed E-state index contributed by atoms with van der Waals surface area (Å²) in [6.07, 6.45) is 6.19. The molecule has 1 N–H and O–H groups in total. The van der Waals surface area contributed by atoms with Crippen LogP contribution in [0.25, 0.3) is 0 Å². The fourth-order valence-corrected chi connectivity index (χ4v) is 2.60. The summed E-state index contributed by atoms with van der Waals surface area (Å²) < 4.78 is 0. The second kappa shape index (κ2) is 4.16. The van der Waals surface area contributed by atoms with Gasteiger partial charge in [-0.05, 0) is 25.2 Å². The Labute approximate surface area is 86.0 Å². The highest BCUT2D eigenvalue weighted by atomic mass is 16.4. The molecule has 0 bridgehead atoms. The van der Waals surface area contributed by atoms with Crippen LogP contribution < -0.4 is 0 Å². The van der Waals surface area contributed by atoms with Crippen molar-refractivity contribution >= 4 is 5.97 Å². The smallest absolute Gasteiger partial charge is 0.313 e. The summed E-state index contributed by atoms with van der Waals surface area (Å²) >= 11 is 0. The maximum Gasteiger partial charge on any atom is 0.313 e. The Balaban J connectivity index is 2.86. The van der Waals surface area contributed by atoms with Gasteiger partial charge in [0, 0.05) is 0 Å². The van der Waals surface area contributed by atoms with Gasteiger partial charge < -0.3 is 5.11 Å². The summed E-state index contributed by atoms with van der Waals surface area (Å²) in [5, 5.41) is 9.23. The average molecular weight is 196 g/mol. The zero-order valence-corrected chi connectivity index (χ0v) is 9.12. The van der Waals surface area contributed by atoms with Gasteiger partial charge in [-0.15, -0.1) is 6.58 Å². The molecule has 0 amide bonds. The summed E-state index contributed by atoms with van der Waals surface area (Å²) in [6.45, 7) is 7.64. The molecule has 0 saturated heterocycles. The van der Waals surface area contributed by atoms with Gasteiger partial charge >= 0.3 is 5.97 Å². The maximum atomic E-state index is 11.2. The van der Waals surface area contributed by atoms with Crippen molar-refractivity contribution in [1.82, 2.24) is 0 Å². The fraction of sp³-hybridized carbons (Fsp3) is 0.750. The van der Waals surface area contributed by atoms with E-state index >= 15 is 0 Å². The van der Waals surface area contributed by atoms with E-state index in [2.05, 4.69) is 13.5 Å². The van der Waals surface area contributed by atoms with Gasteiger partial charge in [-0.3, -0.25) is 4.79 Å². The van der Waals surface area contributed by atoms with Gasteiger partial charge in [-0.2, -0.15) is 0 Å². The van der Waals surface area contributed by atoms with Crippen molar-refractivity contribution in [2.75, 3.05) is 0 Å². The van der Waals surface area contributed by atoms with Crippen LogP contribution in [0, 0.1) is 17.3 Å². The van der Waals surface area contributed by atoms with Crippen molar-refractivity contribution in [3.05, 3.63) is 12.7 Å². The molecule has 0 radical (unpaired) electrons. The van der Waals surface area contributed by atoms with Crippen molar-refractivity contribution in [1.29, 1.82) is 0 Å². The first-order valence-electron chi connectivity index (χ1n) is 5.39. The molecule has 0 heterocycles. The van der Waals surface area contributed by atoms with E-state index in [1.807, 2.05) is 0 Å². The van der Waals surface area contributed by atoms with Crippen LogP contribution in [0.3, 0.4) is 0 Å². The summed E-state index contributed by atoms with van der Waals surface area (Å²) in [5.74, 6) is 0.0281. The van der Waals surface area contributed by atoms with Gasteiger partial charge in [-0.1, -0.05) is 32.3 Å². The number of hydrogen-bond donors (Lipinski definition) is 1. The lowest BCUT2D eigenvalue weighted by atomic mass is 9.65. The van der Waals surface area contributed by atoms with Gasteiger partial charge in [0.15, 0.2) is 0 Å². The Morgan fingerprint density at radius 2 is 2.07 bits per heavy atom. The highest BCUT2D eigenvalue weighted by Gasteiger charge is 2.42. The lowest BCUT2D eigenvalue weighted by molar-refractivity contribution is -0.149. The third-order valence-electron chi connectivity index (χ3n) is 3.77. The molecular weight excluding hydrogens is 176 g/mol. The second-order valence-corrected chi connectivity index (χ2v) is 4.66. The lowest BCUT2D eigenvalue weighted by Crippen LogP contribution is -2.38. The molecule has 14 heavy (non-hydrogen) atoms. The van der Waals surface area contributed by atoms with E-state index in [9.17, 15) is 9.90 Å². The number of carbonyl (C=O) groups is 1. The number of carboxylic acid groups (broad SMARTS) is 1. The van der Waals surface area contributed by atoms with Crippen LogP contribution in [-0.4, -0.2) is 11.1 Å². The number of hydrogen-bond acceptors (Lipinski definition) is 1. The molecule has 0 aromatic carbocycles. The molecule has 1 aliphatic rings. The fourth-order valence-electron chi connectivity index (χ4n) is 2.60. The van der Waals surface area contributed by atoms with Crippen LogP contribution in [0.2, 0.25) is 0 Å². The minimum absolute atomic E-state index is 0.256. The highest BCUT2D eigenvalue weighted by Crippen LogP contribution is 2.42. The summed E-state index contributed by atoms with van der Waals surface area (Å²) in [7, 11) is 0. The highest BCUT2D eigenvalue weighted by molar-refractivity contribution is 5.76. The maximum absolute atomic E-state index is 11.2. The summed E-state index contributed by atoms with van der Waals surface area (Å²) in [5.41, 5.74) is -0.736. The zero-order chi connectivity index (χ0) is 10.8. The van der Waals surface area contributed by atoms with Gasteiger partial charge in [0.2, 0.25) is 0 Å². The molecule has 1 saturated carbocycles. The molecule has 1 rings (SSSR count). The summed E-state index contributed by atoms with van der Waals surface area (Å²) in [4.78, 5) is 11.2. The molecule has 2 heteroatoms. The van der Waals surface area contributed by atoms with Crippen LogP contribution >= 0.6 is 0 Å². The third-order valence-corrected chi connectivity index (χ3v) is 3.77. The van der Waals surface area contributed by atoms with Crippen molar-refractivity contribution in [2.45, 2.75) is 39.5 Å². The quantitative estimate of drug-likeness (QED) is 0.704. The van der Waals surface area contributed by atoms with Gasteiger partial charge in [0.25, 0.3) is 0 Å². The van der Waals surface area contributed by atoms with Crippen LogP contribution in [0.5, 0.6) is 0 Å². The Bertz CT molecular complexity index is 234. The predicted octanol–water partition coefficient (Wildman–Crippen LogP) is 3.09. The van der Waals surface area contributed by atoms with E-state index in [-0.39, 0.29) is 5.92 Å². The molecular formula is C12H20O2. The first-order chi connectivity index (χ1) is 6.52. The van der Waals surface area contributed by atoms with Crippen LogP contribution in [0.1, 0.15) is 39.5 Å². The molecule has 0 aromatic heterocycles. The largest absolute Gasteiger partial charge is 0.481 e. The molecule has 2 nitrogen and oxygen atoms in total. The first kappa shape index (κ1) is 11.3. The predicted molar refractivity (Wildman–Crippen MR) is 57.1 cm³/mol. The second-order valence-electron chi connectivity index (χ2n) is 4.66. The van der Waals surface area contributed by atoms with Crippen LogP contribution in [0.15, 0.2) is 12.7 Å². The van der Waals surface area contributed by atoms with E-state index < -0.39 is 11.4 Å². The first-order valence-corrected chi connectivity index (χ1v) is 5.39. The van der Waals surface area contributed by atoms with Crippen molar-refractivity contribution in [3.63, 3.8) is 0 Å². The Kier molecular flexibility index (Phi) is 3.35. The summed E-state index contributed by atoms with van der Waals surface area (Å²) in [6, 6.07) is 0. The van der Waals surface area contributed by atoms with E-state index in [1.165, 1.54) is 6.42 Å². The minimum Gasteiger partial charge on any atom is -0.481 e. The Hall–Kier alpha value is -0.790. The normalized spacial score (nSPS) is 31.9. The molecule has 1 fully saturated rings. The Morgan fingerprint density at radius 3 is 2.50 bits per heavy atom.